The van der Waals surface area contributed by atoms with Gasteiger partial charge in [-0.3, -0.25) is 0 Å². The molecule has 0 saturated carbocycles. The predicted molar refractivity (Wildman–Crippen MR) is 54.3 cm³/mol. The van der Waals surface area contributed by atoms with E-state index in [2.05, 4.69) is 0 Å². The zero-order valence-electron chi connectivity index (χ0n) is 9.08. The molecular weight excluding hydrogens is 297 g/mol. The molecule has 19 heavy (non-hydrogen) atoms. The molecule has 0 bridgehead atoms. The Morgan fingerprint density at radius 1 is 1.26 bits per heavy atom. The molecule has 0 aliphatic heterocycles. The summed E-state index contributed by atoms with van der Waals surface area (Å²) in [5.74, 6) is -1.15. The van der Waals surface area contributed by atoms with Crippen LogP contribution in [-0.4, -0.2) is 26.5 Å². The number of alkyl halides is 5. The number of hydrogen-bond donors (Lipinski definition) is 2. The lowest BCUT2D eigenvalue weighted by atomic mass is 10.2. The molecule has 2 N–H and O–H groups in total. The zero-order chi connectivity index (χ0) is 14.8. The van der Waals surface area contributed by atoms with Gasteiger partial charge in [-0.25, -0.2) is 21.9 Å². The van der Waals surface area contributed by atoms with Gasteiger partial charge in [0.2, 0.25) is 10.0 Å². The number of halogens is 5. The molecule has 4 nitrogen and oxygen atoms in total. The van der Waals surface area contributed by atoms with Crippen LogP contribution in [0.1, 0.15) is 5.56 Å². The van der Waals surface area contributed by atoms with Crippen molar-refractivity contribution in [2.75, 3.05) is 6.54 Å². The Bertz CT molecular complexity index is 555. The van der Waals surface area contributed by atoms with E-state index >= 15 is 0 Å². The van der Waals surface area contributed by atoms with Crippen molar-refractivity contribution in [1.29, 1.82) is 0 Å². The smallest absolute Gasteiger partial charge is 0.419 e. The van der Waals surface area contributed by atoms with Gasteiger partial charge in [0.25, 0.3) is 6.43 Å². The minimum Gasteiger partial charge on any atom is -0.507 e. The van der Waals surface area contributed by atoms with Crippen LogP contribution in [0.4, 0.5) is 22.0 Å². The van der Waals surface area contributed by atoms with Crippen molar-refractivity contribution >= 4 is 10.0 Å². The van der Waals surface area contributed by atoms with Gasteiger partial charge in [-0.2, -0.15) is 13.2 Å². The largest absolute Gasteiger partial charge is 0.507 e. The fourth-order valence-electron chi connectivity index (χ4n) is 1.17. The standard InChI is InChI=1S/C9H8F5NO3S/c10-8(11)4-15-19(17,18)5-1-2-7(16)6(3-5)9(12,13)14/h1-3,8,15-16H,4H2. The lowest BCUT2D eigenvalue weighted by Gasteiger charge is -2.11. The number of nitrogens with one attached hydrogen (secondary N) is 1. The van der Waals surface area contributed by atoms with Crippen LogP contribution < -0.4 is 4.72 Å². The van der Waals surface area contributed by atoms with E-state index in [9.17, 15) is 30.4 Å². The van der Waals surface area contributed by atoms with E-state index in [1.807, 2.05) is 0 Å². The van der Waals surface area contributed by atoms with Crippen molar-refractivity contribution in [3.05, 3.63) is 23.8 Å². The molecule has 0 spiro atoms. The SMILES string of the molecule is O=S(=O)(NCC(F)F)c1ccc(O)c(C(F)(F)F)c1. The highest BCUT2D eigenvalue weighted by Gasteiger charge is 2.35. The first-order valence-corrected chi connectivity index (χ1v) is 6.20. The number of aromatic hydroxyl groups is 1. The Balaban J connectivity index is 3.16. The van der Waals surface area contributed by atoms with Crippen molar-refractivity contribution in [2.24, 2.45) is 0 Å². The minimum atomic E-state index is -4.96. The maximum Gasteiger partial charge on any atom is 0.419 e. The molecule has 0 aliphatic rings. The first-order valence-electron chi connectivity index (χ1n) is 4.72. The highest BCUT2D eigenvalue weighted by Crippen LogP contribution is 2.36. The normalized spacial score (nSPS) is 12.9. The van der Waals surface area contributed by atoms with Crippen LogP contribution in [0, 0.1) is 0 Å². The molecule has 1 rings (SSSR count). The first-order chi connectivity index (χ1) is 8.54. The second-order valence-corrected chi connectivity index (χ2v) is 5.19. The Morgan fingerprint density at radius 2 is 1.84 bits per heavy atom. The molecule has 0 radical (unpaired) electrons. The van der Waals surface area contributed by atoms with E-state index in [1.54, 1.807) is 0 Å². The third-order valence-electron chi connectivity index (χ3n) is 2.01. The lowest BCUT2D eigenvalue weighted by molar-refractivity contribution is -0.138. The van der Waals surface area contributed by atoms with Crippen LogP contribution in [0.15, 0.2) is 23.1 Å². The van der Waals surface area contributed by atoms with Gasteiger partial charge in [-0.15, -0.1) is 0 Å². The van der Waals surface area contributed by atoms with Gasteiger partial charge < -0.3 is 5.11 Å². The molecule has 1 aromatic carbocycles. The summed E-state index contributed by atoms with van der Waals surface area (Å²) < 4.78 is 85.4. The number of phenolic OH excluding ortho intramolecular Hbond substituents is 1. The van der Waals surface area contributed by atoms with E-state index in [0.717, 1.165) is 0 Å². The van der Waals surface area contributed by atoms with Gasteiger partial charge in [0, 0.05) is 0 Å². The number of benzene rings is 1. The summed E-state index contributed by atoms with van der Waals surface area (Å²) in [5.41, 5.74) is -1.56. The summed E-state index contributed by atoms with van der Waals surface area (Å²) in [6.07, 6.45) is -7.94. The van der Waals surface area contributed by atoms with Crippen LogP contribution in [0.2, 0.25) is 0 Å². The summed E-state index contributed by atoms with van der Waals surface area (Å²) in [7, 11) is -4.50. The number of hydrogen-bond acceptors (Lipinski definition) is 3. The highest BCUT2D eigenvalue weighted by molar-refractivity contribution is 7.89. The first kappa shape index (κ1) is 15.6. The number of sulfonamides is 1. The van der Waals surface area contributed by atoms with Crippen molar-refractivity contribution in [1.82, 2.24) is 4.72 Å². The fourth-order valence-corrected chi connectivity index (χ4v) is 2.20. The summed E-state index contributed by atoms with van der Waals surface area (Å²) in [4.78, 5) is -0.863. The van der Waals surface area contributed by atoms with Gasteiger partial charge >= 0.3 is 6.18 Å². The van der Waals surface area contributed by atoms with Crippen LogP contribution in [0.5, 0.6) is 5.75 Å². The molecule has 0 saturated heterocycles. The van der Waals surface area contributed by atoms with Gasteiger partial charge in [0.1, 0.15) is 5.75 Å². The molecule has 0 aliphatic carbocycles. The summed E-state index contributed by atoms with van der Waals surface area (Å²) >= 11 is 0. The van der Waals surface area contributed by atoms with E-state index in [1.165, 1.54) is 4.72 Å². The lowest BCUT2D eigenvalue weighted by Crippen LogP contribution is -2.28. The van der Waals surface area contributed by atoms with Crippen molar-refractivity contribution in [2.45, 2.75) is 17.5 Å². The molecule has 10 heteroatoms. The molecule has 0 fully saturated rings. The monoisotopic (exact) mass is 305 g/mol. The van der Waals surface area contributed by atoms with Gasteiger partial charge in [-0.1, -0.05) is 0 Å². The summed E-state index contributed by atoms with van der Waals surface area (Å²) in [6.45, 7) is -1.22. The van der Waals surface area contributed by atoms with Crippen molar-refractivity contribution in [3.63, 3.8) is 0 Å². The van der Waals surface area contributed by atoms with E-state index in [4.69, 9.17) is 5.11 Å². The second kappa shape index (κ2) is 5.29. The molecule has 0 atom stereocenters. The van der Waals surface area contributed by atoms with Crippen LogP contribution in [-0.2, 0) is 16.2 Å². The molecule has 0 aromatic heterocycles. The summed E-state index contributed by atoms with van der Waals surface area (Å²) in [5, 5.41) is 9.00. The maximum absolute atomic E-state index is 12.4. The summed E-state index contributed by atoms with van der Waals surface area (Å²) in [6, 6.07) is 1.38. The van der Waals surface area contributed by atoms with E-state index in [-0.39, 0.29) is 6.07 Å². The zero-order valence-corrected chi connectivity index (χ0v) is 9.89. The molecular formula is C9H8F5NO3S. The third-order valence-corrected chi connectivity index (χ3v) is 3.43. The number of phenols is 1. The van der Waals surface area contributed by atoms with Crippen LogP contribution in [0.3, 0.4) is 0 Å². The average molecular weight is 305 g/mol. The predicted octanol–water partition coefficient (Wildman–Crippen LogP) is 1.95. The van der Waals surface area contributed by atoms with E-state index < -0.39 is 45.4 Å². The molecule has 108 valence electrons. The molecule has 0 amide bonds. The van der Waals surface area contributed by atoms with E-state index in [0.29, 0.717) is 12.1 Å². The third kappa shape index (κ3) is 4.03. The van der Waals surface area contributed by atoms with Crippen LogP contribution >= 0.6 is 0 Å². The Labute approximate surface area is 104 Å². The highest BCUT2D eigenvalue weighted by atomic mass is 32.2. The topological polar surface area (TPSA) is 66.4 Å². The second-order valence-electron chi connectivity index (χ2n) is 3.42. The Kier molecular flexibility index (Phi) is 4.35. The average Bonchev–Trinajstić information content (AvgIpc) is 2.25. The van der Waals surface area contributed by atoms with Gasteiger partial charge in [-0.05, 0) is 18.2 Å². The van der Waals surface area contributed by atoms with Crippen LogP contribution in [0.25, 0.3) is 0 Å². The molecule has 1 aromatic rings. The maximum atomic E-state index is 12.4. The fraction of sp³-hybridized carbons (Fsp3) is 0.333. The molecule has 0 heterocycles. The van der Waals surface area contributed by atoms with Crippen molar-refractivity contribution in [3.8, 4) is 5.75 Å². The quantitative estimate of drug-likeness (QED) is 0.836. The van der Waals surface area contributed by atoms with Crippen molar-refractivity contribution < 1.29 is 35.5 Å². The Morgan fingerprint density at radius 3 is 2.32 bits per heavy atom. The molecule has 0 unspecified atom stereocenters. The Hall–Kier alpha value is -1.42. The van der Waals surface area contributed by atoms with Gasteiger partial charge in [0.05, 0.1) is 17.0 Å². The minimum absolute atomic E-state index is 0.170. The van der Waals surface area contributed by atoms with Gasteiger partial charge in [0.15, 0.2) is 0 Å². The number of rotatable bonds is 4.